The summed E-state index contributed by atoms with van der Waals surface area (Å²) >= 11 is 0. The molecule has 0 aliphatic rings. The molecule has 3 unspecified atom stereocenters. The SMILES string of the molecule is CCC(C)CCCCCCCCC(=O)OC[C@H](COP(=O)(O)OC[C@H](O)COP(=O)(O)OC[C@@H](COC(=O)CCCCCCCCCCCCC(C)C)OC(=O)CCCCCCCCCCCCCCCCCC(C)C)OC(=O)CCCCCCCCCCCCCC(C)C. The second-order valence-corrected chi connectivity index (χ2v) is 32.0. The van der Waals surface area contributed by atoms with Gasteiger partial charge in [0.05, 0.1) is 26.4 Å². The number of carbonyl (C=O) groups excluding carboxylic acids is 4. The van der Waals surface area contributed by atoms with Crippen molar-refractivity contribution >= 4 is 39.5 Å². The lowest BCUT2D eigenvalue weighted by Gasteiger charge is -2.21. The summed E-state index contributed by atoms with van der Waals surface area (Å²) in [5.74, 6) is 0.936. The minimum Gasteiger partial charge on any atom is -0.462 e. The summed E-state index contributed by atoms with van der Waals surface area (Å²) in [5.41, 5.74) is 0. The normalized spacial score (nSPS) is 14.4. The first-order valence-electron chi connectivity index (χ1n) is 39.2. The lowest BCUT2D eigenvalue weighted by Crippen LogP contribution is -2.30. The van der Waals surface area contributed by atoms with Gasteiger partial charge in [0.1, 0.15) is 19.3 Å². The lowest BCUT2D eigenvalue weighted by molar-refractivity contribution is -0.161. The molecule has 19 heteroatoms. The highest BCUT2D eigenvalue weighted by Crippen LogP contribution is 2.45. The summed E-state index contributed by atoms with van der Waals surface area (Å²) in [7, 11) is -9.91. The Balaban J connectivity index is 5.25. The largest absolute Gasteiger partial charge is 0.472 e. The molecule has 0 amide bonds. The molecule has 0 rings (SSSR count). The van der Waals surface area contributed by atoms with Gasteiger partial charge in [0.2, 0.25) is 0 Å². The van der Waals surface area contributed by atoms with Crippen molar-refractivity contribution in [1.82, 2.24) is 0 Å². The third-order valence-electron chi connectivity index (χ3n) is 17.9. The van der Waals surface area contributed by atoms with E-state index < -0.39 is 97.5 Å². The van der Waals surface area contributed by atoms with Gasteiger partial charge in [-0.05, 0) is 49.4 Å². The molecule has 0 saturated heterocycles. The molecule has 0 fully saturated rings. The number of phosphoric acid groups is 2. The zero-order chi connectivity index (χ0) is 70.3. The second kappa shape index (κ2) is 65.4. The zero-order valence-corrected chi connectivity index (χ0v) is 64.1. The second-order valence-electron chi connectivity index (χ2n) is 29.1. The summed E-state index contributed by atoms with van der Waals surface area (Å²) in [5, 5.41) is 10.6. The number of phosphoric ester groups is 2. The molecule has 17 nitrogen and oxygen atoms in total. The van der Waals surface area contributed by atoms with E-state index >= 15 is 0 Å². The van der Waals surface area contributed by atoms with Crippen LogP contribution in [0.5, 0.6) is 0 Å². The maximum absolute atomic E-state index is 13.1. The number of aliphatic hydroxyl groups is 1. The number of aliphatic hydroxyl groups excluding tert-OH is 1. The minimum atomic E-state index is -4.96. The Morgan fingerprint density at radius 3 is 0.747 bits per heavy atom. The summed E-state index contributed by atoms with van der Waals surface area (Å²) in [6.45, 7) is 14.2. The Morgan fingerprint density at radius 2 is 0.505 bits per heavy atom. The van der Waals surface area contributed by atoms with Crippen LogP contribution in [0.1, 0.15) is 383 Å². The Labute approximate surface area is 581 Å². The van der Waals surface area contributed by atoms with Gasteiger partial charge in [-0.3, -0.25) is 37.3 Å². The van der Waals surface area contributed by atoms with Gasteiger partial charge < -0.3 is 33.8 Å². The Kier molecular flexibility index (Phi) is 64.0. The Morgan fingerprint density at radius 1 is 0.295 bits per heavy atom. The van der Waals surface area contributed by atoms with Crippen LogP contribution < -0.4 is 0 Å². The van der Waals surface area contributed by atoms with Crippen LogP contribution in [0.25, 0.3) is 0 Å². The van der Waals surface area contributed by atoms with Crippen LogP contribution >= 0.6 is 15.6 Å². The van der Waals surface area contributed by atoms with E-state index in [2.05, 4.69) is 55.4 Å². The number of unbranched alkanes of at least 4 members (excludes halogenated alkanes) is 38. The number of hydrogen-bond acceptors (Lipinski definition) is 15. The van der Waals surface area contributed by atoms with E-state index in [1.54, 1.807) is 0 Å². The standard InChI is InChI=1S/C76H148O17P2/c1-9-69(8)55-47-39-34-35-41-49-57-74(79)87-63-72(93-76(81)59-51-43-33-27-19-15-17-23-29-37-45-53-67(4)5)65-91-95(84,85)89-61-70(77)60-88-94(82,83)90-64-71(62-86-73(78)56-48-40-31-25-21-20-24-30-38-46-54-68(6)7)92-75(80)58-50-42-32-26-18-14-12-10-11-13-16-22-28-36-44-52-66(2)3/h66-72,77H,9-65H2,1-8H3,(H,82,83)(H,84,85)/t69?,70-,71-,72-/m1/s1. The number of esters is 4. The fraction of sp³-hybridized carbons (Fsp3) is 0.947. The van der Waals surface area contributed by atoms with Crippen LogP contribution in [0.2, 0.25) is 0 Å². The van der Waals surface area contributed by atoms with Gasteiger partial charge >= 0.3 is 39.5 Å². The molecule has 0 radical (unpaired) electrons. The maximum atomic E-state index is 13.1. The quantitative estimate of drug-likeness (QED) is 0.0222. The predicted molar refractivity (Wildman–Crippen MR) is 386 cm³/mol. The highest BCUT2D eigenvalue weighted by molar-refractivity contribution is 7.47. The van der Waals surface area contributed by atoms with Gasteiger partial charge in [0.15, 0.2) is 12.2 Å². The van der Waals surface area contributed by atoms with Crippen LogP contribution in [0.3, 0.4) is 0 Å². The molecular formula is C76H148O17P2. The summed E-state index contributed by atoms with van der Waals surface area (Å²) in [6.07, 6.45) is 49.9. The van der Waals surface area contributed by atoms with Crippen molar-refractivity contribution < 1.29 is 80.2 Å². The predicted octanol–water partition coefficient (Wildman–Crippen LogP) is 22.0. The average Bonchev–Trinajstić information content (AvgIpc) is 1.28. The van der Waals surface area contributed by atoms with Gasteiger partial charge in [-0.1, -0.05) is 331 Å². The zero-order valence-electron chi connectivity index (χ0n) is 62.3. The number of hydrogen-bond donors (Lipinski definition) is 3. The first-order chi connectivity index (χ1) is 45.6. The van der Waals surface area contributed by atoms with Crippen molar-refractivity contribution in [3.8, 4) is 0 Å². The minimum absolute atomic E-state index is 0.105. The van der Waals surface area contributed by atoms with Crippen LogP contribution in [-0.2, 0) is 65.4 Å². The molecule has 0 bridgehead atoms. The van der Waals surface area contributed by atoms with Gasteiger partial charge in [-0.25, -0.2) is 9.13 Å². The number of rotatable bonds is 73. The topological polar surface area (TPSA) is 237 Å². The van der Waals surface area contributed by atoms with E-state index in [4.69, 9.17) is 37.0 Å². The first kappa shape index (κ1) is 93.1. The molecular weight excluding hydrogens is 1250 g/mol. The number of carbonyl (C=O) groups is 4. The van der Waals surface area contributed by atoms with E-state index in [-0.39, 0.29) is 25.7 Å². The fourth-order valence-corrected chi connectivity index (χ4v) is 13.1. The molecule has 0 aliphatic heterocycles. The average molecular weight is 1400 g/mol. The lowest BCUT2D eigenvalue weighted by atomic mass is 10.00. The summed E-state index contributed by atoms with van der Waals surface area (Å²) < 4.78 is 68.5. The van der Waals surface area contributed by atoms with Gasteiger partial charge in [0.25, 0.3) is 0 Å². The van der Waals surface area contributed by atoms with E-state index in [1.807, 2.05) is 0 Å². The number of ether oxygens (including phenoxy) is 4. The van der Waals surface area contributed by atoms with Crippen molar-refractivity contribution in [3.05, 3.63) is 0 Å². The van der Waals surface area contributed by atoms with E-state index in [0.29, 0.717) is 25.7 Å². The van der Waals surface area contributed by atoms with Crippen molar-refractivity contribution in [2.45, 2.75) is 401 Å². The van der Waals surface area contributed by atoms with E-state index in [0.717, 1.165) is 120 Å². The van der Waals surface area contributed by atoms with Crippen molar-refractivity contribution in [2.24, 2.45) is 23.7 Å². The van der Waals surface area contributed by atoms with E-state index in [1.165, 1.54) is 180 Å². The monoisotopic (exact) mass is 1400 g/mol. The molecule has 0 aromatic rings. The van der Waals surface area contributed by atoms with Gasteiger partial charge in [-0.15, -0.1) is 0 Å². The summed E-state index contributed by atoms with van der Waals surface area (Å²) in [4.78, 5) is 72.8. The molecule has 0 aromatic heterocycles. The Hall–Kier alpha value is -1.94. The molecule has 0 aromatic carbocycles. The maximum Gasteiger partial charge on any atom is 0.472 e. The Bertz CT molecular complexity index is 1870. The highest BCUT2D eigenvalue weighted by atomic mass is 31.2. The molecule has 0 aliphatic carbocycles. The van der Waals surface area contributed by atoms with Crippen molar-refractivity contribution in [2.75, 3.05) is 39.6 Å². The van der Waals surface area contributed by atoms with Crippen LogP contribution in [-0.4, -0.2) is 96.7 Å². The van der Waals surface area contributed by atoms with Gasteiger partial charge in [0, 0.05) is 25.7 Å². The molecule has 0 spiro atoms. The van der Waals surface area contributed by atoms with Crippen LogP contribution in [0.15, 0.2) is 0 Å². The smallest absolute Gasteiger partial charge is 0.462 e. The third kappa shape index (κ3) is 69.0. The van der Waals surface area contributed by atoms with Crippen LogP contribution in [0, 0.1) is 23.7 Å². The fourth-order valence-electron chi connectivity index (χ4n) is 11.5. The van der Waals surface area contributed by atoms with Crippen LogP contribution in [0.4, 0.5) is 0 Å². The van der Waals surface area contributed by atoms with Crippen molar-refractivity contribution in [3.63, 3.8) is 0 Å². The molecule has 564 valence electrons. The first-order valence-corrected chi connectivity index (χ1v) is 42.2. The van der Waals surface area contributed by atoms with E-state index in [9.17, 15) is 43.2 Å². The highest BCUT2D eigenvalue weighted by Gasteiger charge is 2.30. The molecule has 0 heterocycles. The molecule has 3 N–H and O–H groups in total. The van der Waals surface area contributed by atoms with Gasteiger partial charge in [-0.2, -0.15) is 0 Å². The third-order valence-corrected chi connectivity index (χ3v) is 19.8. The molecule has 95 heavy (non-hydrogen) atoms. The summed E-state index contributed by atoms with van der Waals surface area (Å²) in [6, 6.07) is 0. The van der Waals surface area contributed by atoms with Crippen molar-refractivity contribution in [1.29, 1.82) is 0 Å². The molecule has 6 atom stereocenters. The molecule has 0 saturated carbocycles.